The molecule has 30 heavy (non-hydrogen) atoms. The van der Waals surface area contributed by atoms with Gasteiger partial charge in [-0.25, -0.2) is 14.3 Å². The van der Waals surface area contributed by atoms with Crippen LogP contribution in [0.15, 0.2) is 67.5 Å². The van der Waals surface area contributed by atoms with Crippen molar-refractivity contribution in [1.82, 2.24) is 39.6 Å². The lowest BCUT2D eigenvalue weighted by Gasteiger charge is -2.35. The fourth-order valence-corrected chi connectivity index (χ4v) is 3.46. The van der Waals surface area contributed by atoms with Crippen molar-refractivity contribution >= 4 is 11.7 Å². The van der Waals surface area contributed by atoms with Gasteiger partial charge in [-0.2, -0.15) is 10.2 Å². The fourth-order valence-electron chi connectivity index (χ4n) is 3.46. The van der Waals surface area contributed by atoms with Gasteiger partial charge in [0.25, 0.3) is 5.91 Å². The highest BCUT2D eigenvalue weighted by Crippen LogP contribution is 2.17. The summed E-state index contributed by atoms with van der Waals surface area (Å²) in [5, 5.41) is 16.8. The van der Waals surface area contributed by atoms with Crippen LogP contribution in [0.25, 0.3) is 11.5 Å². The standard InChI is InChI=1S/C20H19N9O/c30-20(16-3-1-4-17(13-16)28-8-2-7-22-28)27-11-9-26(10-12-27)18-5-6-19(25-24-18)29-15-21-14-23-29/h1-8,13-15H,9-12H2. The number of carbonyl (C=O) groups excluding carboxylic acids is 1. The highest BCUT2D eigenvalue weighted by atomic mass is 16.2. The van der Waals surface area contributed by atoms with Crippen LogP contribution in [0.5, 0.6) is 0 Å². The largest absolute Gasteiger partial charge is 0.352 e. The maximum Gasteiger partial charge on any atom is 0.254 e. The highest BCUT2D eigenvalue weighted by Gasteiger charge is 2.23. The van der Waals surface area contributed by atoms with Crippen molar-refractivity contribution in [1.29, 1.82) is 0 Å². The lowest BCUT2D eigenvalue weighted by Crippen LogP contribution is -2.49. The molecule has 1 amide bonds. The fraction of sp³-hybridized carbons (Fsp3) is 0.200. The van der Waals surface area contributed by atoms with E-state index in [1.807, 2.05) is 53.6 Å². The van der Waals surface area contributed by atoms with E-state index in [1.165, 1.54) is 6.33 Å². The smallest absolute Gasteiger partial charge is 0.254 e. The second-order valence-electron chi connectivity index (χ2n) is 6.87. The lowest BCUT2D eigenvalue weighted by atomic mass is 10.1. The van der Waals surface area contributed by atoms with Crippen LogP contribution >= 0.6 is 0 Å². The molecule has 4 aromatic rings. The van der Waals surface area contributed by atoms with Crippen LogP contribution in [-0.2, 0) is 0 Å². The summed E-state index contributed by atoms with van der Waals surface area (Å²) in [4.78, 5) is 20.9. The summed E-state index contributed by atoms with van der Waals surface area (Å²) < 4.78 is 3.31. The van der Waals surface area contributed by atoms with Gasteiger partial charge < -0.3 is 9.80 Å². The molecule has 4 heterocycles. The molecule has 0 radical (unpaired) electrons. The zero-order valence-corrected chi connectivity index (χ0v) is 16.1. The number of nitrogens with zero attached hydrogens (tertiary/aromatic N) is 9. The number of amides is 1. The Morgan fingerprint density at radius 1 is 0.867 bits per heavy atom. The van der Waals surface area contributed by atoms with Gasteiger partial charge in [-0.05, 0) is 36.4 Å². The van der Waals surface area contributed by atoms with E-state index >= 15 is 0 Å². The Bertz CT molecular complexity index is 1120. The van der Waals surface area contributed by atoms with Crippen molar-refractivity contribution in [3.63, 3.8) is 0 Å². The van der Waals surface area contributed by atoms with Crippen molar-refractivity contribution in [2.75, 3.05) is 31.1 Å². The number of anilines is 1. The second kappa shape index (κ2) is 7.74. The van der Waals surface area contributed by atoms with E-state index in [0.717, 1.165) is 11.5 Å². The first-order chi connectivity index (χ1) is 14.8. The first-order valence-electron chi connectivity index (χ1n) is 9.61. The molecule has 0 aliphatic carbocycles. The number of piperazine rings is 1. The molecular formula is C20H19N9O. The summed E-state index contributed by atoms with van der Waals surface area (Å²) in [6, 6.07) is 13.2. The molecule has 0 atom stereocenters. The minimum atomic E-state index is 0.0243. The van der Waals surface area contributed by atoms with Crippen LogP contribution in [0.1, 0.15) is 10.4 Å². The molecule has 5 rings (SSSR count). The molecule has 0 N–H and O–H groups in total. The maximum atomic E-state index is 13.0. The average molecular weight is 401 g/mol. The summed E-state index contributed by atoms with van der Waals surface area (Å²) in [6.07, 6.45) is 6.61. The molecule has 10 heteroatoms. The van der Waals surface area contributed by atoms with E-state index < -0.39 is 0 Å². The van der Waals surface area contributed by atoms with Gasteiger partial charge in [0, 0.05) is 44.1 Å². The van der Waals surface area contributed by atoms with Gasteiger partial charge in [-0.3, -0.25) is 4.79 Å². The van der Waals surface area contributed by atoms with Crippen molar-refractivity contribution in [3.05, 3.63) is 73.1 Å². The minimum absolute atomic E-state index is 0.0243. The van der Waals surface area contributed by atoms with Crippen molar-refractivity contribution in [3.8, 4) is 11.5 Å². The van der Waals surface area contributed by atoms with E-state index in [-0.39, 0.29) is 5.91 Å². The third kappa shape index (κ3) is 3.50. The Balaban J connectivity index is 1.24. The number of benzene rings is 1. The first-order valence-corrected chi connectivity index (χ1v) is 9.61. The number of rotatable bonds is 4. The molecule has 1 fully saturated rings. The second-order valence-corrected chi connectivity index (χ2v) is 6.87. The number of hydrogen-bond donors (Lipinski definition) is 0. The molecule has 0 saturated carbocycles. The Kier molecular flexibility index (Phi) is 4.64. The Morgan fingerprint density at radius 3 is 2.40 bits per heavy atom. The van der Waals surface area contributed by atoms with Crippen molar-refractivity contribution in [2.24, 2.45) is 0 Å². The Labute approximate surface area is 172 Å². The number of aromatic nitrogens is 7. The zero-order valence-electron chi connectivity index (χ0n) is 16.1. The third-order valence-electron chi connectivity index (χ3n) is 5.04. The van der Waals surface area contributed by atoms with E-state index in [0.29, 0.717) is 37.6 Å². The molecule has 1 aliphatic heterocycles. The van der Waals surface area contributed by atoms with Crippen LogP contribution < -0.4 is 4.90 Å². The van der Waals surface area contributed by atoms with Crippen LogP contribution in [0.4, 0.5) is 5.82 Å². The molecule has 0 spiro atoms. The molecule has 1 aliphatic rings. The SMILES string of the molecule is O=C(c1cccc(-n2cccn2)c1)N1CCN(c2ccc(-n3cncn3)nn2)CC1. The molecule has 1 saturated heterocycles. The summed E-state index contributed by atoms with van der Waals surface area (Å²) >= 11 is 0. The van der Waals surface area contributed by atoms with Gasteiger partial charge in [-0.1, -0.05) is 6.07 Å². The maximum absolute atomic E-state index is 13.0. The quantitative estimate of drug-likeness (QED) is 0.507. The van der Waals surface area contributed by atoms with Crippen LogP contribution in [-0.4, -0.2) is 71.7 Å². The van der Waals surface area contributed by atoms with Gasteiger partial charge in [-0.15, -0.1) is 10.2 Å². The normalized spacial score (nSPS) is 14.1. The van der Waals surface area contributed by atoms with Crippen molar-refractivity contribution < 1.29 is 4.79 Å². The van der Waals surface area contributed by atoms with Gasteiger partial charge in [0.1, 0.15) is 12.7 Å². The van der Waals surface area contributed by atoms with E-state index in [2.05, 4.69) is 30.3 Å². The topological polar surface area (TPSA) is 97.9 Å². The van der Waals surface area contributed by atoms with E-state index in [1.54, 1.807) is 21.9 Å². The third-order valence-corrected chi connectivity index (χ3v) is 5.04. The number of hydrogen-bond acceptors (Lipinski definition) is 7. The number of carbonyl (C=O) groups is 1. The molecule has 3 aromatic heterocycles. The van der Waals surface area contributed by atoms with E-state index in [9.17, 15) is 4.79 Å². The van der Waals surface area contributed by atoms with Gasteiger partial charge in [0.2, 0.25) is 0 Å². The lowest BCUT2D eigenvalue weighted by molar-refractivity contribution is 0.0746. The molecule has 10 nitrogen and oxygen atoms in total. The van der Waals surface area contributed by atoms with Gasteiger partial charge in [0.15, 0.2) is 11.6 Å². The predicted octanol–water partition coefficient (Wildman–Crippen LogP) is 1.21. The van der Waals surface area contributed by atoms with E-state index in [4.69, 9.17) is 0 Å². The summed E-state index contributed by atoms with van der Waals surface area (Å²) in [5.74, 6) is 1.42. The first kappa shape index (κ1) is 18.0. The summed E-state index contributed by atoms with van der Waals surface area (Å²) in [7, 11) is 0. The molecule has 1 aromatic carbocycles. The van der Waals surface area contributed by atoms with Crippen molar-refractivity contribution in [2.45, 2.75) is 0 Å². The summed E-state index contributed by atoms with van der Waals surface area (Å²) in [5.41, 5.74) is 1.53. The molecule has 150 valence electrons. The highest BCUT2D eigenvalue weighted by molar-refractivity contribution is 5.95. The predicted molar refractivity (Wildman–Crippen MR) is 109 cm³/mol. The Hall–Kier alpha value is -4.08. The molecular weight excluding hydrogens is 382 g/mol. The average Bonchev–Trinajstić information content (AvgIpc) is 3.54. The molecule has 0 unspecified atom stereocenters. The zero-order chi connectivity index (χ0) is 20.3. The van der Waals surface area contributed by atoms with Gasteiger partial charge >= 0.3 is 0 Å². The Morgan fingerprint density at radius 2 is 1.70 bits per heavy atom. The van der Waals surface area contributed by atoms with Crippen LogP contribution in [0, 0.1) is 0 Å². The summed E-state index contributed by atoms with van der Waals surface area (Å²) in [6.45, 7) is 2.64. The van der Waals surface area contributed by atoms with Crippen LogP contribution in [0.2, 0.25) is 0 Å². The van der Waals surface area contributed by atoms with Gasteiger partial charge in [0.05, 0.1) is 5.69 Å². The molecule has 0 bridgehead atoms. The minimum Gasteiger partial charge on any atom is -0.352 e. The monoisotopic (exact) mass is 401 g/mol. The van der Waals surface area contributed by atoms with Crippen LogP contribution in [0.3, 0.4) is 0 Å².